The fourth-order valence-electron chi connectivity index (χ4n) is 4.09. The van der Waals surface area contributed by atoms with E-state index in [1.54, 1.807) is 30.6 Å². The zero-order chi connectivity index (χ0) is 20.4. The second-order valence-electron chi connectivity index (χ2n) is 7.73. The molecule has 0 bridgehead atoms. The minimum atomic E-state index is -0.139. The monoisotopic (exact) mass is 413 g/mol. The van der Waals surface area contributed by atoms with Gasteiger partial charge in [0.05, 0.1) is 37.4 Å². The summed E-state index contributed by atoms with van der Waals surface area (Å²) in [7, 11) is 3.25. The standard InChI is InChI=1S/C22H27N3O3S/c1-15-8-9-24(13-15)14-22(26)25-18(12-17(23-25)21-5-4-10-29-21)16-6-7-19(27-2)20(11-16)28-3/h4-7,10-11,15,18H,8-9,12-14H2,1-3H3. The Balaban J connectivity index is 1.61. The highest BCUT2D eigenvalue weighted by molar-refractivity contribution is 7.12. The lowest BCUT2D eigenvalue weighted by atomic mass is 10.0. The molecular weight excluding hydrogens is 386 g/mol. The summed E-state index contributed by atoms with van der Waals surface area (Å²) < 4.78 is 10.8. The van der Waals surface area contributed by atoms with Gasteiger partial charge in [-0.25, -0.2) is 5.01 Å². The van der Waals surface area contributed by atoms with Gasteiger partial charge in [0.15, 0.2) is 11.5 Å². The van der Waals surface area contributed by atoms with Crippen LogP contribution in [0.25, 0.3) is 0 Å². The van der Waals surface area contributed by atoms with Crippen molar-refractivity contribution >= 4 is 23.0 Å². The Hall–Kier alpha value is -2.38. The predicted molar refractivity (Wildman–Crippen MR) is 115 cm³/mol. The van der Waals surface area contributed by atoms with Crippen LogP contribution in [0.15, 0.2) is 40.8 Å². The maximum absolute atomic E-state index is 13.2. The van der Waals surface area contributed by atoms with Gasteiger partial charge in [0.1, 0.15) is 0 Å². The van der Waals surface area contributed by atoms with E-state index < -0.39 is 0 Å². The van der Waals surface area contributed by atoms with Crippen LogP contribution in [0.2, 0.25) is 0 Å². The number of benzene rings is 1. The van der Waals surface area contributed by atoms with Gasteiger partial charge in [0.2, 0.25) is 0 Å². The van der Waals surface area contributed by atoms with E-state index in [4.69, 9.17) is 14.6 Å². The van der Waals surface area contributed by atoms with Crippen molar-refractivity contribution in [2.45, 2.75) is 25.8 Å². The van der Waals surface area contributed by atoms with Gasteiger partial charge in [-0.15, -0.1) is 11.3 Å². The zero-order valence-electron chi connectivity index (χ0n) is 17.1. The molecule has 2 unspecified atom stereocenters. The predicted octanol–water partition coefficient (Wildman–Crippen LogP) is 3.78. The Labute approximate surface area is 175 Å². The highest BCUT2D eigenvalue weighted by Crippen LogP contribution is 2.38. The van der Waals surface area contributed by atoms with Gasteiger partial charge in [-0.2, -0.15) is 5.10 Å². The maximum Gasteiger partial charge on any atom is 0.257 e. The van der Waals surface area contributed by atoms with Gasteiger partial charge in [-0.1, -0.05) is 19.1 Å². The maximum atomic E-state index is 13.2. The topological polar surface area (TPSA) is 54.4 Å². The van der Waals surface area contributed by atoms with Crippen LogP contribution in [0.5, 0.6) is 11.5 Å². The van der Waals surface area contributed by atoms with E-state index >= 15 is 0 Å². The summed E-state index contributed by atoms with van der Waals surface area (Å²) in [4.78, 5) is 16.6. The van der Waals surface area contributed by atoms with Crippen molar-refractivity contribution in [3.63, 3.8) is 0 Å². The molecule has 1 fully saturated rings. The number of hydrogen-bond donors (Lipinski definition) is 0. The first-order chi connectivity index (χ1) is 14.1. The van der Waals surface area contributed by atoms with Crippen molar-refractivity contribution in [3.05, 3.63) is 46.2 Å². The summed E-state index contributed by atoms with van der Waals surface area (Å²) in [6.45, 7) is 4.60. The fraction of sp³-hybridized carbons (Fsp3) is 0.455. The number of hydrogen-bond acceptors (Lipinski definition) is 6. The highest BCUT2D eigenvalue weighted by atomic mass is 32.1. The van der Waals surface area contributed by atoms with Crippen LogP contribution in [-0.2, 0) is 4.79 Å². The number of nitrogens with zero attached hydrogens (tertiary/aromatic N) is 3. The summed E-state index contributed by atoms with van der Waals surface area (Å²) in [5.41, 5.74) is 1.96. The first kappa shape index (κ1) is 19.9. The minimum absolute atomic E-state index is 0.0467. The molecule has 1 aromatic carbocycles. The van der Waals surface area contributed by atoms with E-state index in [2.05, 4.69) is 17.9 Å². The molecule has 1 aromatic heterocycles. The van der Waals surface area contributed by atoms with Crippen molar-refractivity contribution in [1.29, 1.82) is 0 Å². The van der Waals surface area contributed by atoms with Crippen molar-refractivity contribution in [3.8, 4) is 11.5 Å². The Morgan fingerprint density at radius 2 is 2.07 bits per heavy atom. The van der Waals surface area contributed by atoms with E-state index in [0.29, 0.717) is 30.4 Å². The Morgan fingerprint density at radius 1 is 1.24 bits per heavy atom. The SMILES string of the molecule is COc1ccc(C2CC(c3cccs3)=NN2C(=O)CN2CCC(C)C2)cc1OC. The van der Waals surface area contributed by atoms with Crippen LogP contribution in [0.3, 0.4) is 0 Å². The van der Waals surface area contributed by atoms with Gasteiger partial charge in [-0.05, 0) is 48.0 Å². The van der Waals surface area contributed by atoms with Gasteiger partial charge >= 0.3 is 0 Å². The molecule has 2 aliphatic heterocycles. The molecule has 0 radical (unpaired) electrons. The quantitative estimate of drug-likeness (QED) is 0.723. The lowest BCUT2D eigenvalue weighted by Gasteiger charge is -2.25. The molecular formula is C22H27N3O3S. The summed E-state index contributed by atoms with van der Waals surface area (Å²) in [6.07, 6.45) is 1.84. The van der Waals surface area contributed by atoms with Crippen LogP contribution in [0, 0.1) is 5.92 Å². The molecule has 0 N–H and O–H groups in total. The molecule has 154 valence electrons. The molecule has 2 atom stereocenters. The average molecular weight is 414 g/mol. The minimum Gasteiger partial charge on any atom is -0.493 e. The zero-order valence-corrected chi connectivity index (χ0v) is 17.9. The summed E-state index contributed by atoms with van der Waals surface area (Å²) in [6, 6.07) is 9.78. The Kier molecular flexibility index (Phi) is 5.87. The first-order valence-electron chi connectivity index (χ1n) is 9.96. The fourth-order valence-corrected chi connectivity index (χ4v) is 4.81. The van der Waals surface area contributed by atoms with Crippen LogP contribution < -0.4 is 9.47 Å². The lowest BCUT2D eigenvalue weighted by Crippen LogP contribution is -2.37. The molecule has 29 heavy (non-hydrogen) atoms. The number of amides is 1. The molecule has 7 heteroatoms. The molecule has 6 nitrogen and oxygen atoms in total. The number of hydrazone groups is 1. The van der Waals surface area contributed by atoms with Crippen LogP contribution in [-0.4, -0.2) is 55.4 Å². The number of ether oxygens (including phenoxy) is 2. The molecule has 1 saturated heterocycles. The van der Waals surface area contributed by atoms with E-state index in [0.717, 1.165) is 35.7 Å². The van der Waals surface area contributed by atoms with Crippen molar-refractivity contribution in [2.24, 2.45) is 11.0 Å². The third kappa shape index (κ3) is 4.16. The van der Waals surface area contributed by atoms with Gasteiger partial charge < -0.3 is 9.47 Å². The van der Waals surface area contributed by atoms with Gasteiger partial charge in [-0.3, -0.25) is 9.69 Å². The normalized spacial score (nSPS) is 22.0. The molecule has 1 amide bonds. The number of rotatable bonds is 6. The summed E-state index contributed by atoms with van der Waals surface area (Å²) in [5.74, 6) is 2.03. The van der Waals surface area contributed by atoms with E-state index in [1.165, 1.54) is 0 Å². The molecule has 0 aliphatic carbocycles. The van der Waals surface area contributed by atoms with Crippen molar-refractivity contribution in [2.75, 3.05) is 33.9 Å². The Morgan fingerprint density at radius 3 is 2.72 bits per heavy atom. The second kappa shape index (κ2) is 8.55. The Bertz CT molecular complexity index is 897. The average Bonchev–Trinajstić information content (AvgIpc) is 3.47. The van der Waals surface area contributed by atoms with E-state index in [9.17, 15) is 4.79 Å². The van der Waals surface area contributed by atoms with Gasteiger partial charge in [0.25, 0.3) is 5.91 Å². The third-order valence-electron chi connectivity index (χ3n) is 5.63. The smallest absolute Gasteiger partial charge is 0.257 e. The highest BCUT2D eigenvalue weighted by Gasteiger charge is 2.35. The number of carbonyl (C=O) groups excluding carboxylic acids is 1. The summed E-state index contributed by atoms with van der Waals surface area (Å²) >= 11 is 1.65. The molecule has 2 aromatic rings. The third-order valence-corrected chi connectivity index (χ3v) is 6.55. The van der Waals surface area contributed by atoms with Crippen LogP contribution in [0.4, 0.5) is 0 Å². The number of likely N-dealkylation sites (tertiary alicyclic amines) is 1. The van der Waals surface area contributed by atoms with Crippen molar-refractivity contribution < 1.29 is 14.3 Å². The molecule has 2 aliphatic rings. The van der Waals surface area contributed by atoms with Gasteiger partial charge in [0, 0.05) is 13.0 Å². The second-order valence-corrected chi connectivity index (χ2v) is 8.67. The molecule has 0 spiro atoms. The summed E-state index contributed by atoms with van der Waals surface area (Å²) in [5, 5.41) is 8.48. The number of carbonyl (C=O) groups is 1. The number of methoxy groups -OCH3 is 2. The first-order valence-corrected chi connectivity index (χ1v) is 10.8. The van der Waals surface area contributed by atoms with Crippen LogP contribution >= 0.6 is 11.3 Å². The largest absolute Gasteiger partial charge is 0.493 e. The molecule has 3 heterocycles. The lowest BCUT2D eigenvalue weighted by molar-refractivity contribution is -0.134. The van der Waals surface area contributed by atoms with Crippen molar-refractivity contribution in [1.82, 2.24) is 9.91 Å². The van der Waals surface area contributed by atoms with E-state index in [-0.39, 0.29) is 11.9 Å². The number of thiophene rings is 1. The van der Waals surface area contributed by atoms with Crippen LogP contribution in [0.1, 0.15) is 36.2 Å². The van der Waals surface area contributed by atoms with E-state index in [1.807, 2.05) is 29.6 Å². The molecule has 0 saturated carbocycles. The molecule has 4 rings (SSSR count).